The molecular formula is C28H29FN8O2. The average molecular weight is 529 g/mol. The van der Waals surface area contributed by atoms with Gasteiger partial charge in [-0.2, -0.15) is 5.10 Å². The van der Waals surface area contributed by atoms with Gasteiger partial charge in [0.05, 0.1) is 29.4 Å². The highest BCUT2D eigenvalue weighted by molar-refractivity contribution is 5.95. The van der Waals surface area contributed by atoms with Gasteiger partial charge in [0.1, 0.15) is 11.4 Å². The predicted octanol–water partition coefficient (Wildman–Crippen LogP) is 3.69. The van der Waals surface area contributed by atoms with Gasteiger partial charge < -0.3 is 20.3 Å². The van der Waals surface area contributed by atoms with E-state index in [0.29, 0.717) is 49.0 Å². The standard InChI is InChI=1S/C28H29FN8O2/c1-37-15-10-28(11-16-37,27-33-25(35-36-27)18-7-13-30-14-8-18)34-20-5-2-4-19(23(20)29)26(38)32-21-9-17-39-22-6-3-12-31-24(21)22/h2-8,12-14,21,34H,9-11,15-17H2,1H3,(H,32,38)(H,33,35,36)/t21-/m0/s1. The number of nitrogens with one attached hydrogen (secondary N) is 3. The highest BCUT2D eigenvalue weighted by atomic mass is 19.1. The molecule has 2 aliphatic rings. The molecule has 0 radical (unpaired) electrons. The van der Waals surface area contributed by atoms with E-state index < -0.39 is 17.3 Å². The van der Waals surface area contributed by atoms with Crippen molar-refractivity contribution in [3.8, 4) is 17.1 Å². The number of H-pyrrole nitrogens is 1. The summed E-state index contributed by atoms with van der Waals surface area (Å²) >= 11 is 0. The molecule has 0 saturated carbocycles. The van der Waals surface area contributed by atoms with Crippen LogP contribution in [0.3, 0.4) is 0 Å². The number of piperidine rings is 1. The van der Waals surface area contributed by atoms with Gasteiger partial charge in [-0.3, -0.25) is 19.9 Å². The molecule has 11 heteroatoms. The Balaban J connectivity index is 1.28. The van der Waals surface area contributed by atoms with Crippen LogP contribution in [0, 0.1) is 5.82 Å². The largest absolute Gasteiger partial charge is 0.491 e. The van der Waals surface area contributed by atoms with Gasteiger partial charge in [0.25, 0.3) is 5.91 Å². The number of anilines is 1. The lowest BCUT2D eigenvalue weighted by Crippen LogP contribution is -2.47. The van der Waals surface area contributed by atoms with Gasteiger partial charge in [0.15, 0.2) is 17.5 Å². The first-order valence-corrected chi connectivity index (χ1v) is 13.0. The number of likely N-dealkylation sites (tertiary alicyclic amines) is 1. The fraction of sp³-hybridized carbons (Fsp3) is 0.321. The van der Waals surface area contributed by atoms with Crippen molar-refractivity contribution >= 4 is 11.6 Å². The molecule has 3 N–H and O–H groups in total. The number of aromatic amines is 1. The molecule has 1 saturated heterocycles. The van der Waals surface area contributed by atoms with Gasteiger partial charge in [-0.15, -0.1) is 0 Å². The zero-order valence-corrected chi connectivity index (χ0v) is 21.5. The zero-order valence-electron chi connectivity index (χ0n) is 21.5. The maximum atomic E-state index is 15.9. The second kappa shape index (κ2) is 10.4. The van der Waals surface area contributed by atoms with Crippen LogP contribution in [0.2, 0.25) is 0 Å². The van der Waals surface area contributed by atoms with E-state index in [1.54, 1.807) is 36.8 Å². The molecule has 2 aliphatic heterocycles. The van der Waals surface area contributed by atoms with Crippen LogP contribution in [0.4, 0.5) is 10.1 Å². The third kappa shape index (κ3) is 4.92. The Morgan fingerprint density at radius 3 is 2.77 bits per heavy atom. The number of benzene rings is 1. The molecule has 0 bridgehead atoms. The van der Waals surface area contributed by atoms with E-state index in [9.17, 15) is 4.79 Å². The third-order valence-electron chi connectivity index (χ3n) is 7.43. The van der Waals surface area contributed by atoms with Crippen molar-refractivity contribution in [1.29, 1.82) is 0 Å². The zero-order chi connectivity index (χ0) is 26.8. The second-order valence-corrected chi connectivity index (χ2v) is 9.97. The number of nitrogens with zero attached hydrogens (tertiary/aromatic N) is 5. The number of hydrogen-bond donors (Lipinski definition) is 3. The van der Waals surface area contributed by atoms with E-state index in [1.165, 1.54) is 6.07 Å². The Bertz CT molecular complexity index is 1470. The Labute approximate surface area is 225 Å². The van der Waals surface area contributed by atoms with Crippen LogP contribution < -0.4 is 15.4 Å². The van der Waals surface area contributed by atoms with Gasteiger partial charge in [-0.1, -0.05) is 6.07 Å². The molecule has 5 heterocycles. The van der Waals surface area contributed by atoms with Crippen LogP contribution in [0.15, 0.2) is 61.1 Å². The lowest BCUT2D eigenvalue weighted by molar-refractivity contribution is 0.0919. The lowest BCUT2D eigenvalue weighted by Gasteiger charge is -2.40. The van der Waals surface area contributed by atoms with Crippen molar-refractivity contribution in [2.45, 2.75) is 30.8 Å². The third-order valence-corrected chi connectivity index (χ3v) is 7.43. The molecule has 6 rings (SSSR count). The summed E-state index contributed by atoms with van der Waals surface area (Å²) in [5.74, 6) is 0.688. The van der Waals surface area contributed by atoms with Gasteiger partial charge >= 0.3 is 0 Å². The van der Waals surface area contributed by atoms with E-state index in [1.807, 2.05) is 18.2 Å². The van der Waals surface area contributed by atoms with Gasteiger partial charge in [0, 0.05) is 43.7 Å². The van der Waals surface area contributed by atoms with E-state index >= 15 is 4.39 Å². The normalized spacial score (nSPS) is 18.6. The molecule has 1 aromatic carbocycles. The number of carbonyl (C=O) groups excluding carboxylic acids is 1. The molecule has 0 spiro atoms. The first kappa shape index (κ1) is 24.9. The molecular weight excluding hydrogens is 499 g/mol. The summed E-state index contributed by atoms with van der Waals surface area (Å²) in [7, 11) is 2.06. The number of amides is 1. The minimum Gasteiger partial charge on any atom is -0.491 e. The highest BCUT2D eigenvalue weighted by Crippen LogP contribution is 2.37. The fourth-order valence-corrected chi connectivity index (χ4v) is 5.18. The fourth-order valence-electron chi connectivity index (χ4n) is 5.18. The molecule has 0 unspecified atom stereocenters. The topological polar surface area (TPSA) is 121 Å². The number of aromatic nitrogens is 5. The van der Waals surface area contributed by atoms with E-state index in [-0.39, 0.29) is 17.3 Å². The van der Waals surface area contributed by atoms with Crippen molar-refractivity contribution in [1.82, 2.24) is 35.4 Å². The van der Waals surface area contributed by atoms with E-state index in [2.05, 4.69) is 42.7 Å². The number of pyridine rings is 2. The van der Waals surface area contributed by atoms with Crippen molar-refractivity contribution in [2.75, 3.05) is 32.1 Å². The summed E-state index contributed by atoms with van der Waals surface area (Å²) in [6.07, 6.45) is 6.94. The maximum absolute atomic E-state index is 15.9. The van der Waals surface area contributed by atoms with Gasteiger partial charge in [0.2, 0.25) is 0 Å². The van der Waals surface area contributed by atoms with Crippen LogP contribution in [0.25, 0.3) is 11.4 Å². The molecule has 10 nitrogen and oxygen atoms in total. The Hall–Kier alpha value is -4.38. The van der Waals surface area contributed by atoms with Crippen molar-refractivity contribution in [3.05, 3.63) is 84.0 Å². The number of hydrogen-bond acceptors (Lipinski definition) is 8. The number of rotatable bonds is 6. The Morgan fingerprint density at radius 1 is 1.13 bits per heavy atom. The first-order valence-electron chi connectivity index (χ1n) is 13.0. The van der Waals surface area contributed by atoms with Crippen molar-refractivity contribution in [2.24, 2.45) is 0 Å². The number of fused-ring (bicyclic) bond motifs is 1. The Morgan fingerprint density at radius 2 is 1.95 bits per heavy atom. The minimum absolute atomic E-state index is 0.0397. The lowest BCUT2D eigenvalue weighted by atomic mass is 9.86. The minimum atomic E-state index is -0.690. The summed E-state index contributed by atoms with van der Waals surface area (Å²) in [6.45, 7) is 2.02. The molecule has 1 fully saturated rings. The second-order valence-electron chi connectivity index (χ2n) is 9.97. The summed E-state index contributed by atoms with van der Waals surface area (Å²) in [5, 5.41) is 13.9. The summed E-state index contributed by atoms with van der Waals surface area (Å²) in [4.78, 5) is 28.7. The number of halogens is 1. The van der Waals surface area contributed by atoms with Crippen molar-refractivity contribution < 1.29 is 13.9 Å². The predicted molar refractivity (Wildman–Crippen MR) is 143 cm³/mol. The van der Waals surface area contributed by atoms with E-state index in [4.69, 9.17) is 9.72 Å². The summed E-state index contributed by atoms with van der Waals surface area (Å²) in [6, 6.07) is 11.7. The molecule has 0 aliphatic carbocycles. The van der Waals surface area contributed by atoms with Gasteiger partial charge in [-0.25, -0.2) is 9.37 Å². The summed E-state index contributed by atoms with van der Waals surface area (Å²) in [5.41, 5.74) is 0.989. The van der Waals surface area contributed by atoms with Crippen LogP contribution in [0.5, 0.6) is 5.75 Å². The first-order chi connectivity index (χ1) is 19.0. The molecule has 4 aromatic rings. The smallest absolute Gasteiger partial charge is 0.254 e. The molecule has 200 valence electrons. The molecule has 3 aromatic heterocycles. The number of carbonyl (C=O) groups is 1. The monoisotopic (exact) mass is 528 g/mol. The SMILES string of the molecule is CN1CCC(Nc2cccc(C(=O)N[C@H]3CCOc4cccnc43)c2F)(c2nc(-c3ccncc3)n[nH]2)CC1. The number of ether oxygens (including phenoxy) is 1. The Kier molecular flexibility index (Phi) is 6.65. The van der Waals surface area contributed by atoms with Crippen LogP contribution in [-0.4, -0.2) is 62.7 Å². The quantitative estimate of drug-likeness (QED) is 0.347. The van der Waals surface area contributed by atoms with Crippen LogP contribution in [0.1, 0.15) is 47.2 Å². The van der Waals surface area contributed by atoms with Crippen LogP contribution >= 0.6 is 0 Å². The molecule has 1 amide bonds. The van der Waals surface area contributed by atoms with Crippen molar-refractivity contribution in [3.63, 3.8) is 0 Å². The highest BCUT2D eigenvalue weighted by Gasteiger charge is 2.39. The van der Waals surface area contributed by atoms with E-state index in [0.717, 1.165) is 18.7 Å². The molecule has 1 atom stereocenters. The maximum Gasteiger partial charge on any atom is 0.254 e. The van der Waals surface area contributed by atoms with Gasteiger partial charge in [-0.05, 0) is 56.3 Å². The van der Waals surface area contributed by atoms with Crippen LogP contribution in [-0.2, 0) is 5.54 Å². The summed E-state index contributed by atoms with van der Waals surface area (Å²) < 4.78 is 21.6. The molecule has 39 heavy (non-hydrogen) atoms. The average Bonchev–Trinajstić information content (AvgIpc) is 3.47.